The first-order valence-electron chi connectivity index (χ1n) is 5.86. The van der Waals surface area contributed by atoms with Crippen LogP contribution in [0.15, 0.2) is 53.6 Å². The highest BCUT2D eigenvalue weighted by Crippen LogP contribution is 2.00. The maximum absolute atomic E-state index is 11.5. The Labute approximate surface area is 110 Å². The molecule has 0 spiro atoms. The summed E-state index contributed by atoms with van der Waals surface area (Å²) in [6, 6.07) is 10.8. The van der Waals surface area contributed by atoms with Crippen molar-refractivity contribution in [3.8, 4) is 0 Å². The number of H-pyrrole nitrogens is 1. The van der Waals surface area contributed by atoms with E-state index in [0.29, 0.717) is 5.56 Å². The molecular formula is C14H14N2O3. The molecule has 1 heterocycles. The Balaban J connectivity index is 1.79. The number of aromatic amines is 1. The number of rotatable bonds is 4. The van der Waals surface area contributed by atoms with Gasteiger partial charge in [-0.3, -0.25) is 4.79 Å². The van der Waals surface area contributed by atoms with Crippen molar-refractivity contribution in [2.24, 2.45) is 0 Å². The SMILES string of the molecule is O=C(NCc1c[nH]ccc1=O)OCc1ccccc1. The molecule has 1 aromatic heterocycles. The summed E-state index contributed by atoms with van der Waals surface area (Å²) >= 11 is 0. The Morgan fingerprint density at radius 3 is 2.74 bits per heavy atom. The zero-order chi connectivity index (χ0) is 13.5. The van der Waals surface area contributed by atoms with Crippen LogP contribution in [0.5, 0.6) is 0 Å². The Hall–Kier alpha value is -2.56. The number of hydrogen-bond donors (Lipinski definition) is 2. The summed E-state index contributed by atoms with van der Waals surface area (Å²) in [7, 11) is 0. The van der Waals surface area contributed by atoms with Gasteiger partial charge in [0.2, 0.25) is 0 Å². The van der Waals surface area contributed by atoms with E-state index in [-0.39, 0.29) is 18.6 Å². The largest absolute Gasteiger partial charge is 0.445 e. The number of pyridine rings is 1. The normalized spacial score (nSPS) is 9.89. The minimum absolute atomic E-state index is 0.123. The molecule has 0 fully saturated rings. The Morgan fingerprint density at radius 1 is 1.21 bits per heavy atom. The van der Waals surface area contributed by atoms with Crippen LogP contribution in [0.1, 0.15) is 11.1 Å². The molecule has 0 aliphatic rings. The number of nitrogens with one attached hydrogen (secondary N) is 2. The lowest BCUT2D eigenvalue weighted by molar-refractivity contribution is 0.139. The van der Waals surface area contributed by atoms with Gasteiger partial charge < -0.3 is 15.0 Å². The summed E-state index contributed by atoms with van der Waals surface area (Å²) in [4.78, 5) is 25.6. The van der Waals surface area contributed by atoms with Crippen molar-refractivity contribution in [2.75, 3.05) is 0 Å². The van der Waals surface area contributed by atoms with Crippen molar-refractivity contribution in [3.63, 3.8) is 0 Å². The first-order chi connectivity index (χ1) is 9.25. The quantitative estimate of drug-likeness (QED) is 0.878. The maximum atomic E-state index is 11.5. The number of benzene rings is 1. The molecule has 0 unspecified atom stereocenters. The van der Waals surface area contributed by atoms with Gasteiger partial charge in [0, 0.05) is 24.0 Å². The summed E-state index contributed by atoms with van der Waals surface area (Å²) in [6.07, 6.45) is 2.55. The van der Waals surface area contributed by atoms with Gasteiger partial charge in [-0.2, -0.15) is 0 Å². The number of carbonyl (C=O) groups excluding carboxylic acids is 1. The van der Waals surface area contributed by atoms with Gasteiger partial charge in [-0.25, -0.2) is 4.79 Å². The van der Waals surface area contributed by atoms with E-state index in [1.807, 2.05) is 30.3 Å². The molecule has 0 saturated heterocycles. The molecule has 2 rings (SSSR count). The van der Waals surface area contributed by atoms with E-state index in [4.69, 9.17) is 4.74 Å². The van der Waals surface area contributed by atoms with Crippen LogP contribution in [-0.2, 0) is 17.9 Å². The Morgan fingerprint density at radius 2 is 2.00 bits per heavy atom. The van der Waals surface area contributed by atoms with Crippen molar-refractivity contribution in [2.45, 2.75) is 13.2 Å². The molecule has 0 atom stereocenters. The zero-order valence-electron chi connectivity index (χ0n) is 10.3. The molecule has 1 amide bonds. The van der Waals surface area contributed by atoms with Crippen LogP contribution in [0, 0.1) is 0 Å². The molecule has 1 aromatic carbocycles. The van der Waals surface area contributed by atoms with Crippen molar-refractivity contribution < 1.29 is 9.53 Å². The summed E-state index contributed by atoms with van der Waals surface area (Å²) in [5.41, 5.74) is 1.27. The van der Waals surface area contributed by atoms with Gasteiger partial charge in [-0.15, -0.1) is 0 Å². The lowest BCUT2D eigenvalue weighted by Crippen LogP contribution is -2.26. The molecule has 0 bridgehead atoms. The number of aromatic nitrogens is 1. The van der Waals surface area contributed by atoms with Crippen LogP contribution in [0.4, 0.5) is 4.79 Å². The van der Waals surface area contributed by atoms with Crippen molar-refractivity contribution in [3.05, 3.63) is 70.1 Å². The van der Waals surface area contributed by atoms with Crippen molar-refractivity contribution in [1.82, 2.24) is 10.3 Å². The molecule has 5 heteroatoms. The first kappa shape index (κ1) is 12.9. The third-order valence-electron chi connectivity index (χ3n) is 2.54. The summed E-state index contributed by atoms with van der Waals surface area (Å²) in [5.74, 6) is 0. The number of alkyl carbamates (subject to hydrolysis) is 1. The lowest BCUT2D eigenvalue weighted by Gasteiger charge is -2.06. The van der Waals surface area contributed by atoms with Gasteiger partial charge in [0.1, 0.15) is 6.61 Å². The second-order valence-electron chi connectivity index (χ2n) is 3.95. The summed E-state index contributed by atoms with van der Waals surface area (Å²) in [6.45, 7) is 0.349. The fraction of sp³-hybridized carbons (Fsp3) is 0.143. The van der Waals surface area contributed by atoms with Gasteiger partial charge in [-0.05, 0) is 5.56 Å². The lowest BCUT2D eigenvalue weighted by atomic mass is 10.2. The Kier molecular flexibility index (Phi) is 4.34. The number of amides is 1. The van der Waals surface area contributed by atoms with Gasteiger partial charge in [-0.1, -0.05) is 30.3 Å². The first-order valence-corrected chi connectivity index (χ1v) is 5.86. The average molecular weight is 258 g/mol. The van der Waals surface area contributed by atoms with Gasteiger partial charge in [0.15, 0.2) is 5.43 Å². The van der Waals surface area contributed by atoms with Crippen LogP contribution in [0.25, 0.3) is 0 Å². The summed E-state index contributed by atoms with van der Waals surface area (Å²) in [5, 5.41) is 2.53. The van der Waals surface area contributed by atoms with Crippen LogP contribution in [-0.4, -0.2) is 11.1 Å². The van der Waals surface area contributed by atoms with E-state index in [2.05, 4.69) is 10.3 Å². The minimum Gasteiger partial charge on any atom is -0.445 e. The molecule has 19 heavy (non-hydrogen) atoms. The topological polar surface area (TPSA) is 71.2 Å². The minimum atomic E-state index is -0.549. The van der Waals surface area contributed by atoms with E-state index in [1.165, 1.54) is 6.07 Å². The fourth-order valence-corrected chi connectivity index (χ4v) is 1.53. The fourth-order valence-electron chi connectivity index (χ4n) is 1.53. The second-order valence-corrected chi connectivity index (χ2v) is 3.95. The maximum Gasteiger partial charge on any atom is 0.407 e. The van der Waals surface area contributed by atoms with Crippen LogP contribution >= 0.6 is 0 Å². The molecule has 0 radical (unpaired) electrons. The van der Waals surface area contributed by atoms with Crippen LogP contribution in [0.2, 0.25) is 0 Å². The van der Waals surface area contributed by atoms with Gasteiger partial charge >= 0.3 is 6.09 Å². The standard InChI is InChI=1S/C14H14N2O3/c17-13-6-7-15-8-12(13)9-16-14(18)19-10-11-4-2-1-3-5-11/h1-8H,9-10H2,(H,15,17)(H,16,18). The summed E-state index contributed by atoms with van der Waals surface area (Å²) < 4.78 is 5.03. The van der Waals surface area contributed by atoms with E-state index >= 15 is 0 Å². The highest BCUT2D eigenvalue weighted by atomic mass is 16.5. The molecule has 0 aliphatic carbocycles. The average Bonchev–Trinajstić information content (AvgIpc) is 2.45. The third kappa shape index (κ3) is 3.99. The van der Waals surface area contributed by atoms with Crippen LogP contribution in [0.3, 0.4) is 0 Å². The monoisotopic (exact) mass is 258 g/mol. The van der Waals surface area contributed by atoms with E-state index in [0.717, 1.165) is 5.56 Å². The van der Waals surface area contributed by atoms with E-state index < -0.39 is 6.09 Å². The van der Waals surface area contributed by atoms with Gasteiger partial charge in [0.05, 0.1) is 6.54 Å². The highest BCUT2D eigenvalue weighted by Gasteiger charge is 2.04. The van der Waals surface area contributed by atoms with Crippen molar-refractivity contribution in [1.29, 1.82) is 0 Å². The number of hydrogen-bond acceptors (Lipinski definition) is 3. The number of ether oxygens (including phenoxy) is 1. The molecule has 2 N–H and O–H groups in total. The molecule has 98 valence electrons. The number of carbonyl (C=O) groups is 1. The zero-order valence-corrected chi connectivity index (χ0v) is 10.3. The molecule has 5 nitrogen and oxygen atoms in total. The predicted molar refractivity (Wildman–Crippen MR) is 70.5 cm³/mol. The predicted octanol–water partition coefficient (Wildman–Crippen LogP) is 1.80. The molecular weight excluding hydrogens is 244 g/mol. The highest BCUT2D eigenvalue weighted by molar-refractivity contribution is 5.67. The smallest absolute Gasteiger partial charge is 0.407 e. The van der Waals surface area contributed by atoms with Crippen molar-refractivity contribution >= 4 is 6.09 Å². The van der Waals surface area contributed by atoms with Gasteiger partial charge in [0.25, 0.3) is 0 Å². The molecule has 2 aromatic rings. The van der Waals surface area contributed by atoms with E-state index in [9.17, 15) is 9.59 Å². The third-order valence-corrected chi connectivity index (χ3v) is 2.54. The molecule has 0 aliphatic heterocycles. The second kappa shape index (κ2) is 6.39. The molecule has 0 saturated carbocycles. The Bertz CT molecular complexity index is 593. The van der Waals surface area contributed by atoms with E-state index in [1.54, 1.807) is 12.4 Å². The van der Waals surface area contributed by atoms with Crippen LogP contribution < -0.4 is 10.7 Å².